The van der Waals surface area contributed by atoms with E-state index >= 15 is 0 Å². The number of imidazole rings is 1. The van der Waals surface area contributed by atoms with Gasteiger partial charge in [0, 0.05) is 23.6 Å². The molecular weight excluding hydrogens is 366 g/mol. The quantitative estimate of drug-likeness (QED) is 0.676. The summed E-state index contributed by atoms with van der Waals surface area (Å²) in [7, 11) is 3.16. The van der Waals surface area contributed by atoms with Gasteiger partial charge in [-0.15, -0.1) is 0 Å². The van der Waals surface area contributed by atoms with Crippen LogP contribution in [-0.4, -0.2) is 36.1 Å². The molecule has 0 saturated heterocycles. The zero-order valence-corrected chi connectivity index (χ0v) is 17.1. The highest BCUT2D eigenvalue weighted by Gasteiger charge is 2.27. The van der Waals surface area contributed by atoms with Crippen LogP contribution in [0.1, 0.15) is 53.3 Å². The Bertz CT molecular complexity index is 1010. The minimum Gasteiger partial charge on any atom is -0.497 e. The topological polar surface area (TPSA) is 76.2 Å². The van der Waals surface area contributed by atoms with Crippen molar-refractivity contribution < 1.29 is 14.3 Å². The van der Waals surface area contributed by atoms with Crippen LogP contribution >= 0.6 is 0 Å². The third kappa shape index (κ3) is 4.21. The van der Waals surface area contributed by atoms with E-state index in [-0.39, 0.29) is 11.9 Å². The van der Waals surface area contributed by atoms with Crippen molar-refractivity contribution in [3.05, 3.63) is 53.3 Å². The number of aryl methyl sites for hydroxylation is 1. The van der Waals surface area contributed by atoms with Crippen molar-refractivity contribution in [2.75, 3.05) is 14.2 Å². The van der Waals surface area contributed by atoms with Crippen molar-refractivity contribution in [2.45, 2.75) is 44.6 Å². The van der Waals surface area contributed by atoms with Gasteiger partial charge >= 0.3 is 0 Å². The normalized spacial score (nSPS) is 19.1. The van der Waals surface area contributed by atoms with Gasteiger partial charge in [-0.05, 0) is 56.0 Å². The molecule has 1 saturated carbocycles. The van der Waals surface area contributed by atoms with Crippen LogP contribution in [0, 0.1) is 6.92 Å². The molecule has 29 heavy (non-hydrogen) atoms. The number of methoxy groups -OCH3 is 2. The molecule has 6 heteroatoms. The molecule has 1 fully saturated rings. The highest BCUT2D eigenvalue weighted by molar-refractivity contribution is 5.95. The standard InChI is InChI=1S/C23H27N3O3/c1-14-7-8-20-21(9-14)26-22(25-20)15-5-4-6-17(10-15)24-23(27)16-11-18(28-2)13-19(12-16)29-3/h7-9,11-13,15,17H,4-6,10H2,1-3H3,(H,24,27)(H,25,26). The van der Waals surface area contributed by atoms with Crippen molar-refractivity contribution in [2.24, 2.45) is 0 Å². The molecule has 0 spiro atoms. The summed E-state index contributed by atoms with van der Waals surface area (Å²) >= 11 is 0. The maximum Gasteiger partial charge on any atom is 0.251 e. The molecule has 6 nitrogen and oxygen atoms in total. The number of nitrogens with one attached hydrogen (secondary N) is 2. The molecule has 0 radical (unpaired) electrons. The second-order valence-corrected chi connectivity index (χ2v) is 7.78. The molecule has 2 unspecified atom stereocenters. The molecule has 2 atom stereocenters. The van der Waals surface area contributed by atoms with Crippen LogP contribution in [0.5, 0.6) is 11.5 Å². The number of nitrogens with zero attached hydrogens (tertiary/aromatic N) is 1. The maximum absolute atomic E-state index is 12.8. The number of aromatic amines is 1. The zero-order valence-electron chi connectivity index (χ0n) is 17.1. The zero-order chi connectivity index (χ0) is 20.4. The molecule has 4 rings (SSSR count). The van der Waals surface area contributed by atoms with Crippen LogP contribution in [-0.2, 0) is 0 Å². The minimum absolute atomic E-state index is 0.104. The number of carbonyl (C=O) groups excluding carboxylic acids is 1. The van der Waals surface area contributed by atoms with Gasteiger partial charge < -0.3 is 19.8 Å². The van der Waals surface area contributed by atoms with Crippen molar-refractivity contribution in [3.8, 4) is 11.5 Å². The molecule has 0 aliphatic heterocycles. The Balaban J connectivity index is 1.47. The summed E-state index contributed by atoms with van der Waals surface area (Å²) in [5.74, 6) is 2.45. The Labute approximate surface area is 170 Å². The first-order valence-electron chi connectivity index (χ1n) is 10.1. The summed E-state index contributed by atoms with van der Waals surface area (Å²) in [6.07, 6.45) is 4.00. The first-order chi connectivity index (χ1) is 14.1. The molecule has 1 aliphatic carbocycles. The average molecular weight is 393 g/mol. The number of benzene rings is 2. The van der Waals surface area contributed by atoms with Gasteiger partial charge in [0.1, 0.15) is 17.3 Å². The highest BCUT2D eigenvalue weighted by atomic mass is 16.5. The fraction of sp³-hybridized carbons (Fsp3) is 0.391. The largest absolute Gasteiger partial charge is 0.497 e. The summed E-state index contributed by atoms with van der Waals surface area (Å²) in [5.41, 5.74) is 3.84. The minimum atomic E-state index is -0.104. The summed E-state index contributed by atoms with van der Waals surface area (Å²) in [5, 5.41) is 3.19. The van der Waals surface area contributed by atoms with E-state index in [1.54, 1.807) is 32.4 Å². The number of ether oxygens (including phenoxy) is 2. The summed E-state index contributed by atoms with van der Waals surface area (Å²) in [4.78, 5) is 21.1. The number of fused-ring (bicyclic) bond motifs is 1. The SMILES string of the molecule is COc1cc(OC)cc(C(=O)NC2CCCC(c3nc4ccc(C)cc4[nH]3)C2)c1. The third-order valence-corrected chi connectivity index (χ3v) is 5.67. The van der Waals surface area contributed by atoms with Gasteiger partial charge in [-0.1, -0.05) is 12.5 Å². The van der Waals surface area contributed by atoms with E-state index in [0.717, 1.165) is 42.5 Å². The van der Waals surface area contributed by atoms with Crippen LogP contribution in [0.15, 0.2) is 36.4 Å². The predicted molar refractivity (Wildman–Crippen MR) is 113 cm³/mol. The Morgan fingerprint density at radius 3 is 2.59 bits per heavy atom. The van der Waals surface area contributed by atoms with Gasteiger partial charge in [0.15, 0.2) is 0 Å². The van der Waals surface area contributed by atoms with Crippen molar-refractivity contribution in [1.82, 2.24) is 15.3 Å². The fourth-order valence-corrected chi connectivity index (χ4v) is 4.11. The van der Waals surface area contributed by atoms with Crippen LogP contribution in [0.2, 0.25) is 0 Å². The summed E-state index contributed by atoms with van der Waals surface area (Å²) in [6, 6.07) is 11.6. The van der Waals surface area contributed by atoms with Gasteiger partial charge in [-0.25, -0.2) is 4.98 Å². The molecule has 1 aromatic heterocycles. The number of carbonyl (C=O) groups is 1. The second kappa shape index (κ2) is 8.15. The molecule has 1 aliphatic rings. The van der Waals surface area contributed by atoms with E-state index in [2.05, 4.69) is 35.4 Å². The Kier molecular flexibility index (Phi) is 5.43. The highest BCUT2D eigenvalue weighted by Crippen LogP contribution is 2.33. The monoisotopic (exact) mass is 393 g/mol. The van der Waals surface area contributed by atoms with E-state index in [9.17, 15) is 4.79 Å². The average Bonchev–Trinajstić information content (AvgIpc) is 3.16. The van der Waals surface area contributed by atoms with E-state index in [1.165, 1.54) is 5.56 Å². The van der Waals surface area contributed by atoms with Gasteiger partial charge in [-0.3, -0.25) is 4.79 Å². The molecule has 2 N–H and O–H groups in total. The lowest BCUT2D eigenvalue weighted by Crippen LogP contribution is -2.38. The van der Waals surface area contributed by atoms with Crippen LogP contribution in [0.25, 0.3) is 11.0 Å². The molecular formula is C23H27N3O3. The van der Waals surface area contributed by atoms with Gasteiger partial charge in [0.2, 0.25) is 0 Å². The Morgan fingerprint density at radius 2 is 1.86 bits per heavy atom. The van der Waals surface area contributed by atoms with E-state index in [4.69, 9.17) is 14.5 Å². The smallest absolute Gasteiger partial charge is 0.251 e. The van der Waals surface area contributed by atoms with Crippen LogP contribution in [0.3, 0.4) is 0 Å². The first-order valence-corrected chi connectivity index (χ1v) is 10.1. The maximum atomic E-state index is 12.8. The number of amides is 1. The third-order valence-electron chi connectivity index (χ3n) is 5.67. The number of hydrogen-bond donors (Lipinski definition) is 2. The number of rotatable bonds is 5. The van der Waals surface area contributed by atoms with E-state index in [1.807, 2.05) is 0 Å². The Hall–Kier alpha value is -3.02. The van der Waals surface area contributed by atoms with Gasteiger partial charge in [0.05, 0.1) is 25.3 Å². The van der Waals surface area contributed by atoms with E-state index < -0.39 is 0 Å². The van der Waals surface area contributed by atoms with Gasteiger partial charge in [0.25, 0.3) is 5.91 Å². The molecule has 1 heterocycles. The van der Waals surface area contributed by atoms with Crippen molar-refractivity contribution >= 4 is 16.9 Å². The molecule has 2 aromatic carbocycles. The summed E-state index contributed by atoms with van der Waals surface area (Å²) in [6.45, 7) is 2.08. The molecule has 1 amide bonds. The number of aromatic nitrogens is 2. The molecule has 3 aromatic rings. The molecule has 152 valence electrons. The first kappa shape index (κ1) is 19.3. The fourth-order valence-electron chi connectivity index (χ4n) is 4.11. The van der Waals surface area contributed by atoms with Gasteiger partial charge in [-0.2, -0.15) is 0 Å². The van der Waals surface area contributed by atoms with Crippen LogP contribution in [0.4, 0.5) is 0 Å². The predicted octanol–water partition coefficient (Wildman–Crippen LogP) is 4.34. The Morgan fingerprint density at radius 1 is 1.10 bits per heavy atom. The van der Waals surface area contributed by atoms with Crippen LogP contribution < -0.4 is 14.8 Å². The number of H-pyrrole nitrogens is 1. The second-order valence-electron chi connectivity index (χ2n) is 7.78. The number of hydrogen-bond acceptors (Lipinski definition) is 4. The van der Waals surface area contributed by atoms with E-state index in [0.29, 0.717) is 23.0 Å². The van der Waals surface area contributed by atoms with Crippen molar-refractivity contribution in [3.63, 3.8) is 0 Å². The summed E-state index contributed by atoms with van der Waals surface area (Å²) < 4.78 is 10.6. The molecule has 0 bridgehead atoms. The lowest BCUT2D eigenvalue weighted by Gasteiger charge is -2.28. The lowest BCUT2D eigenvalue weighted by molar-refractivity contribution is 0.0924. The lowest BCUT2D eigenvalue weighted by atomic mass is 9.85. The van der Waals surface area contributed by atoms with Crippen molar-refractivity contribution in [1.29, 1.82) is 0 Å².